The molecule has 0 saturated heterocycles. The first-order valence-electron chi connectivity index (χ1n) is 5.23. The first kappa shape index (κ1) is 12.2. The summed E-state index contributed by atoms with van der Waals surface area (Å²) in [7, 11) is 0. The molecular weight excluding hydrogens is 208 g/mol. The van der Waals surface area contributed by atoms with Crippen LogP contribution >= 0.6 is 11.6 Å². The molecule has 1 aromatic rings. The number of hydrogen-bond acceptors (Lipinski definition) is 2. The molecule has 0 atom stereocenters. The van der Waals surface area contributed by atoms with Crippen molar-refractivity contribution >= 4 is 23.0 Å². The number of nitrogens with one attached hydrogen (secondary N) is 1. The molecule has 0 aromatic heterocycles. The van der Waals surface area contributed by atoms with E-state index >= 15 is 0 Å². The predicted molar refractivity (Wildman–Crippen MR) is 68.4 cm³/mol. The fraction of sp³-hybridized carbons (Fsp3) is 0.500. The second-order valence-electron chi connectivity index (χ2n) is 4.60. The maximum atomic E-state index is 5.91. The Kier molecular flexibility index (Phi) is 3.86. The normalized spacial score (nSPS) is 11.5. The van der Waals surface area contributed by atoms with Gasteiger partial charge in [-0.15, -0.1) is 0 Å². The lowest BCUT2D eigenvalue weighted by molar-refractivity contribution is 0.377. The van der Waals surface area contributed by atoms with E-state index in [9.17, 15) is 0 Å². The van der Waals surface area contributed by atoms with Crippen LogP contribution in [0.2, 0.25) is 5.02 Å². The largest absolute Gasteiger partial charge is 0.397 e. The van der Waals surface area contributed by atoms with E-state index in [0.717, 1.165) is 24.3 Å². The molecule has 0 heterocycles. The van der Waals surface area contributed by atoms with Gasteiger partial charge < -0.3 is 11.1 Å². The van der Waals surface area contributed by atoms with Gasteiger partial charge in [0.2, 0.25) is 0 Å². The number of nitrogens with two attached hydrogens (primary N) is 1. The molecule has 0 aliphatic carbocycles. The zero-order valence-corrected chi connectivity index (χ0v) is 10.4. The average molecular weight is 227 g/mol. The molecule has 0 aliphatic rings. The van der Waals surface area contributed by atoms with Crippen LogP contribution in [0.4, 0.5) is 11.4 Å². The van der Waals surface area contributed by atoms with Crippen LogP contribution in [0.5, 0.6) is 0 Å². The quantitative estimate of drug-likeness (QED) is 0.767. The van der Waals surface area contributed by atoms with E-state index in [4.69, 9.17) is 17.3 Å². The molecule has 0 radical (unpaired) electrons. The van der Waals surface area contributed by atoms with Gasteiger partial charge in [-0.1, -0.05) is 32.4 Å². The Morgan fingerprint density at radius 3 is 2.67 bits per heavy atom. The number of hydrogen-bond donors (Lipinski definition) is 2. The van der Waals surface area contributed by atoms with Crippen molar-refractivity contribution in [2.45, 2.75) is 27.2 Å². The summed E-state index contributed by atoms with van der Waals surface area (Å²) in [6.07, 6.45) is 1.13. The highest BCUT2D eigenvalue weighted by molar-refractivity contribution is 6.31. The zero-order chi connectivity index (χ0) is 11.5. The maximum absolute atomic E-state index is 5.91. The van der Waals surface area contributed by atoms with Crippen molar-refractivity contribution in [1.82, 2.24) is 0 Å². The van der Waals surface area contributed by atoms with Crippen LogP contribution in [0.1, 0.15) is 27.2 Å². The van der Waals surface area contributed by atoms with Crippen LogP contribution in [-0.4, -0.2) is 6.54 Å². The second kappa shape index (κ2) is 4.75. The molecule has 84 valence electrons. The van der Waals surface area contributed by atoms with Gasteiger partial charge in [-0.05, 0) is 30.0 Å². The molecule has 3 N–H and O–H groups in total. The van der Waals surface area contributed by atoms with E-state index in [1.165, 1.54) is 0 Å². The second-order valence-corrected chi connectivity index (χ2v) is 5.04. The van der Waals surface area contributed by atoms with Crippen molar-refractivity contribution in [1.29, 1.82) is 0 Å². The molecule has 0 saturated carbocycles. The summed E-state index contributed by atoms with van der Waals surface area (Å²) in [5.41, 5.74) is 7.77. The minimum absolute atomic E-state index is 0.273. The Balaban J connectivity index is 2.69. The van der Waals surface area contributed by atoms with Gasteiger partial charge in [-0.25, -0.2) is 0 Å². The first-order valence-corrected chi connectivity index (χ1v) is 5.61. The summed E-state index contributed by atoms with van der Waals surface area (Å²) in [5.74, 6) is 0. The summed E-state index contributed by atoms with van der Waals surface area (Å²) >= 11 is 5.91. The van der Waals surface area contributed by atoms with E-state index < -0.39 is 0 Å². The lowest BCUT2D eigenvalue weighted by Crippen LogP contribution is -2.22. The minimum atomic E-state index is 0.273. The molecule has 15 heavy (non-hydrogen) atoms. The topological polar surface area (TPSA) is 38.0 Å². The summed E-state index contributed by atoms with van der Waals surface area (Å²) in [6, 6.07) is 5.49. The highest BCUT2D eigenvalue weighted by Gasteiger charge is 2.14. The van der Waals surface area contributed by atoms with Gasteiger partial charge in [-0.3, -0.25) is 0 Å². The van der Waals surface area contributed by atoms with Crippen molar-refractivity contribution < 1.29 is 0 Å². The van der Waals surface area contributed by atoms with Gasteiger partial charge >= 0.3 is 0 Å². The summed E-state index contributed by atoms with van der Waals surface area (Å²) in [5, 5.41) is 4.04. The first-order chi connectivity index (χ1) is 6.94. The fourth-order valence-electron chi connectivity index (χ4n) is 1.14. The standard InChI is InChI=1S/C12H19ClN2/c1-4-12(2,3)8-15-11-7-9(13)5-6-10(11)14/h5-7,15H,4,8,14H2,1-3H3. The van der Waals surface area contributed by atoms with Gasteiger partial charge in [-0.2, -0.15) is 0 Å². The van der Waals surface area contributed by atoms with E-state index in [-0.39, 0.29) is 5.41 Å². The minimum Gasteiger partial charge on any atom is -0.397 e. The average Bonchev–Trinajstić information content (AvgIpc) is 2.20. The van der Waals surface area contributed by atoms with Gasteiger partial charge in [0.1, 0.15) is 0 Å². The summed E-state index contributed by atoms with van der Waals surface area (Å²) in [6.45, 7) is 7.53. The van der Waals surface area contributed by atoms with E-state index in [1.54, 1.807) is 6.07 Å². The van der Waals surface area contributed by atoms with Crippen LogP contribution in [0, 0.1) is 5.41 Å². The molecule has 1 aromatic carbocycles. The molecule has 0 bridgehead atoms. The van der Waals surface area contributed by atoms with Gasteiger partial charge in [0, 0.05) is 11.6 Å². The number of rotatable bonds is 4. The third-order valence-electron chi connectivity index (χ3n) is 2.73. The lowest BCUT2D eigenvalue weighted by atomic mass is 9.90. The smallest absolute Gasteiger partial charge is 0.0589 e. The van der Waals surface area contributed by atoms with Crippen molar-refractivity contribution in [3.63, 3.8) is 0 Å². The molecule has 0 fully saturated rings. The van der Waals surface area contributed by atoms with Gasteiger partial charge in [0.05, 0.1) is 11.4 Å². The molecule has 3 heteroatoms. The van der Waals surface area contributed by atoms with Crippen molar-refractivity contribution in [2.24, 2.45) is 5.41 Å². The fourth-order valence-corrected chi connectivity index (χ4v) is 1.31. The Morgan fingerprint density at radius 1 is 1.40 bits per heavy atom. The summed E-state index contributed by atoms with van der Waals surface area (Å²) < 4.78 is 0. The number of nitrogen functional groups attached to an aromatic ring is 1. The van der Waals surface area contributed by atoms with Gasteiger partial charge in [0.25, 0.3) is 0 Å². The van der Waals surface area contributed by atoms with Crippen molar-refractivity contribution in [3.8, 4) is 0 Å². The Labute approximate surface area is 96.8 Å². The number of benzene rings is 1. The molecule has 1 rings (SSSR count). The van der Waals surface area contributed by atoms with E-state index in [2.05, 4.69) is 26.1 Å². The van der Waals surface area contributed by atoms with Gasteiger partial charge in [0.15, 0.2) is 0 Å². The maximum Gasteiger partial charge on any atom is 0.0589 e. The van der Waals surface area contributed by atoms with E-state index in [0.29, 0.717) is 5.02 Å². The highest BCUT2D eigenvalue weighted by Crippen LogP contribution is 2.26. The van der Waals surface area contributed by atoms with Crippen LogP contribution < -0.4 is 11.1 Å². The van der Waals surface area contributed by atoms with Crippen molar-refractivity contribution in [2.75, 3.05) is 17.6 Å². The van der Waals surface area contributed by atoms with Crippen LogP contribution in [0.3, 0.4) is 0 Å². The SMILES string of the molecule is CCC(C)(C)CNc1cc(Cl)ccc1N. The number of anilines is 2. The third kappa shape index (κ3) is 3.63. The monoisotopic (exact) mass is 226 g/mol. The molecular formula is C12H19ClN2. The Hall–Kier alpha value is -0.890. The molecule has 0 unspecified atom stereocenters. The molecule has 0 spiro atoms. The summed E-state index contributed by atoms with van der Waals surface area (Å²) in [4.78, 5) is 0. The highest BCUT2D eigenvalue weighted by atomic mass is 35.5. The molecule has 0 amide bonds. The van der Waals surface area contributed by atoms with Crippen LogP contribution in [0.25, 0.3) is 0 Å². The predicted octanol–water partition coefficient (Wildman–Crippen LogP) is 3.77. The Bertz CT molecular complexity index is 334. The number of halogens is 1. The van der Waals surface area contributed by atoms with Crippen LogP contribution in [-0.2, 0) is 0 Å². The lowest BCUT2D eigenvalue weighted by Gasteiger charge is -2.24. The Morgan fingerprint density at radius 2 is 2.07 bits per heavy atom. The van der Waals surface area contributed by atoms with Crippen molar-refractivity contribution in [3.05, 3.63) is 23.2 Å². The van der Waals surface area contributed by atoms with Crippen LogP contribution in [0.15, 0.2) is 18.2 Å². The molecule has 0 aliphatic heterocycles. The third-order valence-corrected chi connectivity index (χ3v) is 2.96. The molecule has 2 nitrogen and oxygen atoms in total. The zero-order valence-electron chi connectivity index (χ0n) is 9.60. The van der Waals surface area contributed by atoms with E-state index in [1.807, 2.05) is 12.1 Å².